The van der Waals surface area contributed by atoms with Gasteiger partial charge in [-0.1, -0.05) is 27.7 Å². The molecule has 1 aromatic heterocycles. The van der Waals surface area contributed by atoms with Crippen molar-refractivity contribution in [2.24, 2.45) is 11.3 Å². The zero-order valence-corrected chi connectivity index (χ0v) is 11.4. The number of pyridine rings is 1. The van der Waals surface area contributed by atoms with Crippen LogP contribution in [0.4, 0.5) is 0 Å². The molecule has 0 bridgehead atoms. The Hall–Kier alpha value is -1.25. The van der Waals surface area contributed by atoms with E-state index in [9.17, 15) is 10.0 Å². The molecule has 17 heavy (non-hydrogen) atoms. The van der Waals surface area contributed by atoms with Crippen molar-refractivity contribution in [2.45, 2.75) is 47.5 Å². The molecule has 0 spiro atoms. The van der Waals surface area contributed by atoms with Gasteiger partial charge in [-0.3, -0.25) is 4.79 Å². The van der Waals surface area contributed by atoms with Gasteiger partial charge in [0, 0.05) is 11.8 Å². The van der Waals surface area contributed by atoms with Gasteiger partial charge < -0.3 is 9.94 Å². The lowest BCUT2D eigenvalue weighted by molar-refractivity contribution is 0.304. The predicted molar refractivity (Wildman–Crippen MR) is 71.1 cm³/mol. The van der Waals surface area contributed by atoms with Gasteiger partial charge in [-0.25, -0.2) is 0 Å². The van der Waals surface area contributed by atoms with Crippen LogP contribution in [-0.2, 0) is 6.42 Å². The van der Waals surface area contributed by atoms with Crippen molar-refractivity contribution in [3.05, 3.63) is 39.0 Å². The molecule has 0 aromatic carbocycles. The summed E-state index contributed by atoms with van der Waals surface area (Å²) in [6.07, 6.45) is 1.70. The lowest BCUT2D eigenvalue weighted by Crippen LogP contribution is -2.21. The van der Waals surface area contributed by atoms with E-state index in [0.717, 1.165) is 12.0 Å². The summed E-state index contributed by atoms with van der Waals surface area (Å²) in [5.74, 6) is 0.399. The van der Waals surface area contributed by atoms with Gasteiger partial charge in [-0.2, -0.15) is 0 Å². The predicted octanol–water partition coefficient (Wildman–Crippen LogP) is 3.12. The highest BCUT2D eigenvalue weighted by Gasteiger charge is 2.16. The van der Waals surface area contributed by atoms with Gasteiger partial charge in [-0.05, 0) is 42.7 Å². The van der Waals surface area contributed by atoms with Gasteiger partial charge in [0.05, 0.1) is 0 Å². The summed E-state index contributed by atoms with van der Waals surface area (Å²) in [6.45, 7) is 10.5. The van der Waals surface area contributed by atoms with E-state index in [4.69, 9.17) is 0 Å². The van der Waals surface area contributed by atoms with Crippen LogP contribution >= 0.6 is 0 Å². The van der Waals surface area contributed by atoms with E-state index in [-0.39, 0.29) is 5.41 Å². The third-order valence-electron chi connectivity index (χ3n) is 2.72. The molecule has 0 aliphatic rings. The molecule has 1 aromatic rings. The second-order valence-electron chi connectivity index (χ2n) is 6.23. The first-order chi connectivity index (χ1) is 7.69. The standard InChI is InChI=1S/C14H22NO2/c1-10-6-12(15(17)13(16)8-10)7-11(2)9-14(3,4)5/h6,8,11H,7,9H2,1-5H3/q-1/t11-/m0/s1. The summed E-state index contributed by atoms with van der Waals surface area (Å²) < 4.78 is 0.520. The van der Waals surface area contributed by atoms with Crippen molar-refractivity contribution in [3.8, 4) is 0 Å². The topological polar surface area (TPSA) is 45.1 Å². The second-order valence-corrected chi connectivity index (χ2v) is 6.23. The van der Waals surface area contributed by atoms with Gasteiger partial charge in [-0.15, -0.1) is 0 Å². The van der Waals surface area contributed by atoms with E-state index < -0.39 is 5.56 Å². The van der Waals surface area contributed by atoms with Crippen LogP contribution in [0.3, 0.4) is 0 Å². The van der Waals surface area contributed by atoms with Crippen LogP contribution < -0.4 is 5.56 Å². The average Bonchev–Trinajstić information content (AvgIpc) is 2.10. The van der Waals surface area contributed by atoms with E-state index in [1.54, 1.807) is 0 Å². The zero-order chi connectivity index (χ0) is 13.2. The third kappa shape index (κ3) is 4.25. The summed E-state index contributed by atoms with van der Waals surface area (Å²) in [5, 5.41) is 11.6. The fraction of sp³-hybridized carbons (Fsp3) is 0.643. The van der Waals surface area contributed by atoms with Crippen molar-refractivity contribution in [1.29, 1.82) is 0 Å². The van der Waals surface area contributed by atoms with Gasteiger partial charge in [0.25, 0.3) is 0 Å². The summed E-state index contributed by atoms with van der Waals surface area (Å²) in [4.78, 5) is 11.4. The molecule has 0 saturated carbocycles. The smallest absolute Gasteiger partial charge is 0.246 e. The quantitative estimate of drug-likeness (QED) is 0.809. The minimum atomic E-state index is -0.456. The first-order valence-electron chi connectivity index (χ1n) is 6.09. The molecule has 3 heteroatoms. The lowest BCUT2D eigenvalue weighted by Gasteiger charge is -2.25. The van der Waals surface area contributed by atoms with Gasteiger partial charge in [0.2, 0.25) is 5.56 Å². The maximum Gasteiger partial charge on any atom is 0.246 e. The summed E-state index contributed by atoms with van der Waals surface area (Å²) >= 11 is 0. The highest BCUT2D eigenvalue weighted by Crippen LogP contribution is 2.26. The molecule has 0 aliphatic carbocycles. The van der Waals surface area contributed by atoms with Crippen molar-refractivity contribution < 1.29 is 0 Å². The SMILES string of the molecule is Cc1cc(C[C@H](C)CC(C)(C)C)n([O-])c(=O)c1. The minimum Gasteiger partial charge on any atom is -0.803 e. The molecule has 0 saturated heterocycles. The molecule has 1 atom stereocenters. The third-order valence-corrected chi connectivity index (χ3v) is 2.72. The molecular weight excluding hydrogens is 214 g/mol. The molecule has 0 amide bonds. The molecule has 96 valence electrons. The normalized spacial score (nSPS) is 13.7. The van der Waals surface area contributed by atoms with Gasteiger partial charge in [0.1, 0.15) is 0 Å². The largest absolute Gasteiger partial charge is 0.803 e. The Kier molecular flexibility index (Phi) is 4.02. The zero-order valence-electron chi connectivity index (χ0n) is 11.4. The van der Waals surface area contributed by atoms with E-state index >= 15 is 0 Å². The first-order valence-corrected chi connectivity index (χ1v) is 6.09. The summed E-state index contributed by atoms with van der Waals surface area (Å²) in [6, 6.07) is 3.19. The highest BCUT2D eigenvalue weighted by atomic mass is 16.5. The Labute approximate surface area is 103 Å². The van der Waals surface area contributed by atoms with Crippen LogP contribution in [0, 0.1) is 23.5 Å². The molecule has 3 nitrogen and oxygen atoms in total. The molecule has 0 unspecified atom stereocenters. The lowest BCUT2D eigenvalue weighted by atomic mass is 9.83. The summed E-state index contributed by atoms with van der Waals surface area (Å²) in [7, 11) is 0. The second kappa shape index (κ2) is 4.94. The van der Waals surface area contributed by atoms with Gasteiger partial charge in [0.15, 0.2) is 0 Å². The maximum atomic E-state index is 11.6. The van der Waals surface area contributed by atoms with Crippen molar-refractivity contribution in [3.63, 3.8) is 0 Å². The molecule has 0 fully saturated rings. The van der Waals surface area contributed by atoms with E-state index in [0.29, 0.717) is 22.8 Å². The highest BCUT2D eigenvalue weighted by molar-refractivity contribution is 5.17. The van der Waals surface area contributed by atoms with Crippen LogP contribution in [0.5, 0.6) is 0 Å². The summed E-state index contributed by atoms with van der Waals surface area (Å²) in [5.41, 5.74) is 1.24. The van der Waals surface area contributed by atoms with E-state index in [2.05, 4.69) is 27.7 Å². The van der Waals surface area contributed by atoms with E-state index in [1.165, 1.54) is 6.07 Å². The molecule has 0 N–H and O–H groups in total. The molecule has 0 radical (unpaired) electrons. The minimum absolute atomic E-state index is 0.247. The number of aromatic nitrogens is 1. The van der Waals surface area contributed by atoms with Crippen LogP contribution in [0.15, 0.2) is 16.9 Å². The number of hydrogen-bond donors (Lipinski definition) is 0. The number of rotatable bonds is 3. The van der Waals surface area contributed by atoms with Crippen molar-refractivity contribution in [2.75, 3.05) is 0 Å². The molecule has 0 aliphatic heterocycles. The Morgan fingerprint density at radius 3 is 2.47 bits per heavy atom. The van der Waals surface area contributed by atoms with Crippen LogP contribution in [0.25, 0.3) is 0 Å². The fourth-order valence-electron chi connectivity index (χ4n) is 2.37. The molecule has 1 heterocycles. The average molecular weight is 236 g/mol. The first kappa shape index (κ1) is 13.8. The number of aryl methyl sites for hydroxylation is 1. The Morgan fingerprint density at radius 1 is 1.35 bits per heavy atom. The monoisotopic (exact) mass is 236 g/mol. The van der Waals surface area contributed by atoms with Crippen LogP contribution in [0.2, 0.25) is 0 Å². The number of hydrogen-bond acceptors (Lipinski definition) is 2. The molecule has 1 rings (SSSR count). The number of nitrogens with zero attached hydrogens (tertiary/aromatic N) is 1. The maximum absolute atomic E-state index is 11.6. The van der Waals surface area contributed by atoms with Crippen LogP contribution in [-0.4, -0.2) is 4.73 Å². The molecular formula is C14H22NO2-. The van der Waals surface area contributed by atoms with Crippen molar-refractivity contribution in [1.82, 2.24) is 4.73 Å². The van der Waals surface area contributed by atoms with Crippen molar-refractivity contribution >= 4 is 0 Å². The Bertz CT molecular complexity index is 441. The van der Waals surface area contributed by atoms with Gasteiger partial charge >= 0.3 is 0 Å². The Balaban J connectivity index is 2.85. The Morgan fingerprint density at radius 2 is 1.94 bits per heavy atom. The fourth-order valence-corrected chi connectivity index (χ4v) is 2.37. The van der Waals surface area contributed by atoms with E-state index in [1.807, 2.05) is 13.0 Å². The van der Waals surface area contributed by atoms with Crippen LogP contribution in [0.1, 0.15) is 45.4 Å².